The fourth-order valence-corrected chi connectivity index (χ4v) is 2.81. The molecule has 0 radical (unpaired) electrons. The van der Waals surface area contributed by atoms with Gasteiger partial charge in [-0.2, -0.15) is 0 Å². The number of aliphatic carboxylic acids is 1. The van der Waals surface area contributed by atoms with Crippen LogP contribution in [0, 0.1) is 11.6 Å². The van der Waals surface area contributed by atoms with E-state index < -0.39 is 35.1 Å². The molecule has 0 aliphatic rings. The van der Waals surface area contributed by atoms with E-state index in [9.17, 15) is 23.5 Å². The van der Waals surface area contributed by atoms with E-state index in [4.69, 9.17) is 4.74 Å². The number of halogens is 2. The molecule has 0 spiro atoms. The molecule has 3 aromatic rings. The summed E-state index contributed by atoms with van der Waals surface area (Å²) >= 11 is 0. The molecule has 7 heteroatoms. The first-order valence-electron chi connectivity index (χ1n) is 9.17. The second-order valence-corrected chi connectivity index (χ2v) is 6.61. The fraction of sp³-hybridized carbons (Fsp3) is 0.130. The first-order chi connectivity index (χ1) is 14.4. The van der Waals surface area contributed by atoms with Gasteiger partial charge in [-0.25, -0.2) is 13.6 Å². The van der Waals surface area contributed by atoms with Crippen LogP contribution < -0.4 is 10.1 Å². The minimum atomic E-state index is -1.28. The highest BCUT2D eigenvalue weighted by Crippen LogP contribution is 2.16. The molecular formula is C23H19F2NO4. The summed E-state index contributed by atoms with van der Waals surface area (Å²) in [6.07, 6.45) is -0.0111. The van der Waals surface area contributed by atoms with Crippen LogP contribution >= 0.6 is 0 Å². The molecule has 3 rings (SSSR count). The molecule has 2 N–H and O–H groups in total. The Kier molecular flexibility index (Phi) is 6.75. The van der Waals surface area contributed by atoms with Crippen molar-refractivity contribution in [2.45, 2.75) is 19.1 Å². The highest BCUT2D eigenvalue weighted by molar-refractivity contribution is 5.96. The van der Waals surface area contributed by atoms with Crippen LogP contribution in [0.5, 0.6) is 5.75 Å². The predicted octanol–water partition coefficient (Wildman–Crippen LogP) is 3.97. The summed E-state index contributed by atoms with van der Waals surface area (Å²) in [5.74, 6) is -3.46. The predicted molar refractivity (Wildman–Crippen MR) is 106 cm³/mol. The molecular weight excluding hydrogens is 392 g/mol. The third-order valence-electron chi connectivity index (χ3n) is 4.39. The van der Waals surface area contributed by atoms with Crippen molar-refractivity contribution in [2.75, 3.05) is 0 Å². The van der Waals surface area contributed by atoms with Crippen LogP contribution in [-0.4, -0.2) is 23.0 Å². The topological polar surface area (TPSA) is 75.6 Å². The lowest BCUT2D eigenvalue weighted by Gasteiger charge is -2.15. The third kappa shape index (κ3) is 5.64. The Morgan fingerprint density at radius 2 is 1.63 bits per heavy atom. The molecule has 0 heterocycles. The van der Waals surface area contributed by atoms with Crippen LogP contribution in [0.3, 0.4) is 0 Å². The first kappa shape index (κ1) is 21.0. The number of benzene rings is 3. The smallest absolute Gasteiger partial charge is 0.326 e. The van der Waals surface area contributed by atoms with Gasteiger partial charge in [0.2, 0.25) is 0 Å². The lowest BCUT2D eigenvalue weighted by atomic mass is 10.0. The van der Waals surface area contributed by atoms with Crippen molar-refractivity contribution < 1.29 is 28.2 Å². The molecule has 1 amide bonds. The molecule has 30 heavy (non-hydrogen) atoms. The molecule has 0 unspecified atom stereocenters. The SMILES string of the molecule is O=C(N[C@@H](Cc1ccc(OCc2ccccc2)cc1)C(=O)O)c1ccc(F)cc1F. The monoisotopic (exact) mass is 411 g/mol. The number of ether oxygens (including phenoxy) is 1. The Bertz CT molecular complexity index is 1020. The average Bonchev–Trinajstić information content (AvgIpc) is 2.73. The zero-order valence-corrected chi connectivity index (χ0v) is 15.8. The van der Waals surface area contributed by atoms with Crippen molar-refractivity contribution in [2.24, 2.45) is 0 Å². The maximum atomic E-state index is 13.8. The Labute approximate surface area is 171 Å². The van der Waals surface area contributed by atoms with Crippen molar-refractivity contribution in [1.82, 2.24) is 5.32 Å². The van der Waals surface area contributed by atoms with Gasteiger partial charge in [-0.05, 0) is 35.4 Å². The second-order valence-electron chi connectivity index (χ2n) is 6.61. The van der Waals surface area contributed by atoms with Crippen LogP contribution in [0.1, 0.15) is 21.5 Å². The number of carboxylic acid groups (broad SMARTS) is 1. The molecule has 0 fully saturated rings. The number of carboxylic acids is 1. The summed E-state index contributed by atoms with van der Waals surface area (Å²) in [4.78, 5) is 23.7. The van der Waals surface area contributed by atoms with Crippen LogP contribution in [-0.2, 0) is 17.8 Å². The van der Waals surface area contributed by atoms with Crippen molar-refractivity contribution >= 4 is 11.9 Å². The van der Waals surface area contributed by atoms with Crippen molar-refractivity contribution in [3.05, 3.63) is 101 Å². The number of amides is 1. The van der Waals surface area contributed by atoms with Gasteiger partial charge in [-0.15, -0.1) is 0 Å². The number of hydrogen-bond donors (Lipinski definition) is 2. The molecule has 154 valence electrons. The number of rotatable bonds is 8. The Morgan fingerprint density at radius 3 is 2.27 bits per heavy atom. The van der Waals surface area contributed by atoms with Gasteiger partial charge in [0.25, 0.3) is 5.91 Å². The van der Waals surface area contributed by atoms with Crippen molar-refractivity contribution in [1.29, 1.82) is 0 Å². The van der Waals surface area contributed by atoms with Gasteiger partial charge >= 0.3 is 5.97 Å². The molecule has 0 aromatic heterocycles. The maximum absolute atomic E-state index is 13.8. The van der Waals surface area contributed by atoms with Gasteiger partial charge in [-0.1, -0.05) is 42.5 Å². The molecule has 0 saturated carbocycles. The fourth-order valence-electron chi connectivity index (χ4n) is 2.81. The van der Waals surface area contributed by atoms with Gasteiger partial charge in [0, 0.05) is 12.5 Å². The number of carbonyl (C=O) groups is 2. The highest BCUT2D eigenvalue weighted by Gasteiger charge is 2.23. The van der Waals surface area contributed by atoms with E-state index in [0.29, 0.717) is 24.0 Å². The molecule has 0 aliphatic carbocycles. The van der Waals surface area contributed by atoms with E-state index in [0.717, 1.165) is 17.7 Å². The summed E-state index contributed by atoms with van der Waals surface area (Å²) < 4.78 is 32.4. The zero-order chi connectivity index (χ0) is 21.5. The highest BCUT2D eigenvalue weighted by atomic mass is 19.1. The molecule has 1 atom stereocenters. The quantitative estimate of drug-likeness (QED) is 0.588. The average molecular weight is 411 g/mol. The second kappa shape index (κ2) is 9.65. The minimum absolute atomic E-state index is 0.0111. The molecule has 0 saturated heterocycles. The van der Waals surface area contributed by atoms with Gasteiger partial charge < -0.3 is 15.2 Å². The molecule has 0 aliphatic heterocycles. The van der Waals surface area contributed by atoms with E-state index in [1.807, 2.05) is 30.3 Å². The van der Waals surface area contributed by atoms with Crippen molar-refractivity contribution in [3.8, 4) is 5.75 Å². The summed E-state index contributed by atoms with van der Waals surface area (Å²) in [7, 11) is 0. The lowest BCUT2D eigenvalue weighted by Crippen LogP contribution is -2.42. The maximum Gasteiger partial charge on any atom is 0.326 e. The Balaban J connectivity index is 1.62. The van der Waals surface area contributed by atoms with E-state index in [-0.39, 0.29) is 6.42 Å². The number of nitrogens with one attached hydrogen (secondary N) is 1. The van der Waals surface area contributed by atoms with Crippen molar-refractivity contribution in [3.63, 3.8) is 0 Å². The third-order valence-corrected chi connectivity index (χ3v) is 4.39. The summed E-state index contributed by atoms with van der Waals surface area (Å²) in [5.41, 5.74) is 1.24. The van der Waals surface area contributed by atoms with Crippen LogP contribution in [0.15, 0.2) is 72.8 Å². The molecule has 5 nitrogen and oxygen atoms in total. The van der Waals surface area contributed by atoms with Gasteiger partial charge in [0.1, 0.15) is 30.0 Å². The number of carbonyl (C=O) groups excluding carboxylic acids is 1. The summed E-state index contributed by atoms with van der Waals surface area (Å²) in [6.45, 7) is 0.400. The van der Waals surface area contributed by atoms with Crippen LogP contribution in [0.25, 0.3) is 0 Å². The first-order valence-corrected chi connectivity index (χ1v) is 9.17. The minimum Gasteiger partial charge on any atom is -0.489 e. The zero-order valence-electron chi connectivity index (χ0n) is 15.8. The Hall–Kier alpha value is -3.74. The molecule has 3 aromatic carbocycles. The lowest BCUT2D eigenvalue weighted by molar-refractivity contribution is -0.139. The van der Waals surface area contributed by atoms with E-state index in [1.165, 1.54) is 0 Å². The van der Waals surface area contributed by atoms with Gasteiger partial charge in [0.15, 0.2) is 0 Å². The van der Waals surface area contributed by atoms with Gasteiger partial charge in [0.05, 0.1) is 5.56 Å². The van der Waals surface area contributed by atoms with E-state index >= 15 is 0 Å². The standard InChI is InChI=1S/C23H19F2NO4/c24-17-8-11-19(20(25)13-17)22(27)26-21(23(28)29)12-15-6-9-18(10-7-15)30-14-16-4-2-1-3-5-16/h1-11,13,21H,12,14H2,(H,26,27)(H,28,29)/t21-/m0/s1. The number of hydrogen-bond acceptors (Lipinski definition) is 3. The summed E-state index contributed by atoms with van der Waals surface area (Å²) in [5, 5.41) is 11.7. The van der Waals surface area contributed by atoms with Crippen LogP contribution in [0.4, 0.5) is 8.78 Å². The largest absolute Gasteiger partial charge is 0.489 e. The van der Waals surface area contributed by atoms with Crippen LogP contribution in [0.2, 0.25) is 0 Å². The summed E-state index contributed by atoms with van der Waals surface area (Å²) in [6, 6.07) is 17.6. The van der Waals surface area contributed by atoms with E-state index in [1.54, 1.807) is 24.3 Å². The van der Waals surface area contributed by atoms with E-state index in [2.05, 4.69) is 5.32 Å². The Morgan fingerprint density at radius 1 is 0.933 bits per heavy atom. The normalized spacial score (nSPS) is 11.5. The van der Waals surface area contributed by atoms with Gasteiger partial charge in [-0.3, -0.25) is 4.79 Å². The molecule has 0 bridgehead atoms.